The standard InChI is InChI=1S/C13H15N3O2S/c1-7-6-19-12(15-7)8(2)16-9-3-4-10(13(17)18)11(14)5-9/h3-6,8,16H,14H2,1-2H3,(H,17,18). The van der Waals surface area contributed by atoms with E-state index in [0.29, 0.717) is 0 Å². The molecule has 0 bridgehead atoms. The van der Waals surface area contributed by atoms with Gasteiger partial charge in [0.25, 0.3) is 0 Å². The van der Waals surface area contributed by atoms with Gasteiger partial charge >= 0.3 is 5.97 Å². The summed E-state index contributed by atoms with van der Waals surface area (Å²) in [6, 6.07) is 4.88. The highest BCUT2D eigenvalue weighted by Crippen LogP contribution is 2.24. The molecule has 1 atom stereocenters. The number of hydrogen-bond donors (Lipinski definition) is 3. The molecule has 100 valence electrons. The number of anilines is 2. The van der Waals surface area contributed by atoms with Gasteiger partial charge in [0.15, 0.2) is 0 Å². The first-order chi connectivity index (χ1) is 8.97. The molecule has 2 aromatic rings. The van der Waals surface area contributed by atoms with E-state index in [-0.39, 0.29) is 17.3 Å². The van der Waals surface area contributed by atoms with E-state index in [4.69, 9.17) is 10.8 Å². The van der Waals surface area contributed by atoms with E-state index in [2.05, 4.69) is 10.3 Å². The predicted molar refractivity (Wildman–Crippen MR) is 76.7 cm³/mol. The van der Waals surface area contributed by atoms with E-state index >= 15 is 0 Å². The average Bonchev–Trinajstić information content (AvgIpc) is 2.75. The zero-order valence-corrected chi connectivity index (χ0v) is 11.5. The molecule has 6 heteroatoms. The molecule has 5 nitrogen and oxygen atoms in total. The minimum Gasteiger partial charge on any atom is -0.478 e. The van der Waals surface area contributed by atoms with Gasteiger partial charge in [-0.1, -0.05) is 0 Å². The van der Waals surface area contributed by atoms with Crippen molar-refractivity contribution in [3.05, 3.63) is 39.8 Å². The summed E-state index contributed by atoms with van der Waals surface area (Å²) >= 11 is 1.59. The highest BCUT2D eigenvalue weighted by Gasteiger charge is 2.12. The van der Waals surface area contributed by atoms with Crippen LogP contribution in [-0.2, 0) is 0 Å². The monoisotopic (exact) mass is 277 g/mol. The fourth-order valence-corrected chi connectivity index (χ4v) is 2.53. The number of carbonyl (C=O) groups is 1. The molecule has 0 amide bonds. The molecule has 19 heavy (non-hydrogen) atoms. The van der Waals surface area contributed by atoms with E-state index in [1.807, 2.05) is 19.2 Å². The Balaban J connectivity index is 2.15. The SMILES string of the molecule is Cc1csc(C(C)Nc2ccc(C(=O)O)c(N)c2)n1. The molecule has 0 saturated carbocycles. The lowest BCUT2D eigenvalue weighted by Crippen LogP contribution is -2.08. The Morgan fingerprint density at radius 2 is 2.26 bits per heavy atom. The summed E-state index contributed by atoms with van der Waals surface area (Å²) in [4.78, 5) is 15.3. The first-order valence-corrected chi connectivity index (χ1v) is 6.66. The van der Waals surface area contributed by atoms with E-state index in [0.717, 1.165) is 16.4 Å². The summed E-state index contributed by atoms with van der Waals surface area (Å²) in [5, 5.41) is 15.1. The van der Waals surface area contributed by atoms with Crippen LogP contribution in [0, 0.1) is 6.92 Å². The maximum Gasteiger partial charge on any atom is 0.337 e. The highest BCUT2D eigenvalue weighted by molar-refractivity contribution is 7.09. The normalized spacial score (nSPS) is 12.1. The molecule has 0 spiro atoms. The second-order valence-corrected chi connectivity index (χ2v) is 5.19. The fraction of sp³-hybridized carbons (Fsp3) is 0.231. The number of nitrogen functional groups attached to an aromatic ring is 1. The van der Waals surface area contributed by atoms with Gasteiger partial charge < -0.3 is 16.2 Å². The van der Waals surface area contributed by atoms with Crippen LogP contribution in [0.3, 0.4) is 0 Å². The fourth-order valence-electron chi connectivity index (χ4n) is 1.73. The van der Waals surface area contributed by atoms with Crippen molar-refractivity contribution in [1.29, 1.82) is 0 Å². The molecule has 1 heterocycles. The molecule has 0 radical (unpaired) electrons. The minimum atomic E-state index is -1.02. The van der Waals surface area contributed by atoms with Crippen LogP contribution < -0.4 is 11.1 Å². The van der Waals surface area contributed by atoms with Crippen molar-refractivity contribution < 1.29 is 9.90 Å². The molecule has 0 aliphatic carbocycles. The average molecular weight is 277 g/mol. The van der Waals surface area contributed by atoms with Crippen LogP contribution >= 0.6 is 11.3 Å². The summed E-state index contributed by atoms with van der Waals surface area (Å²) in [6.45, 7) is 3.95. The van der Waals surface area contributed by atoms with Crippen molar-refractivity contribution in [2.75, 3.05) is 11.1 Å². The molecule has 1 unspecified atom stereocenters. The number of nitrogens with one attached hydrogen (secondary N) is 1. The first kappa shape index (κ1) is 13.4. The van der Waals surface area contributed by atoms with Gasteiger partial charge in [-0.25, -0.2) is 9.78 Å². The summed E-state index contributed by atoms with van der Waals surface area (Å²) in [5.74, 6) is -1.02. The Morgan fingerprint density at radius 1 is 1.53 bits per heavy atom. The zero-order chi connectivity index (χ0) is 14.0. The molecule has 1 aromatic carbocycles. The van der Waals surface area contributed by atoms with Crippen molar-refractivity contribution in [1.82, 2.24) is 4.98 Å². The summed E-state index contributed by atoms with van der Waals surface area (Å²) < 4.78 is 0. The molecular weight excluding hydrogens is 262 g/mol. The maximum atomic E-state index is 10.9. The number of nitrogens with zero attached hydrogens (tertiary/aromatic N) is 1. The molecule has 1 aromatic heterocycles. The van der Waals surface area contributed by atoms with Crippen LogP contribution in [0.1, 0.15) is 34.0 Å². The van der Waals surface area contributed by atoms with Crippen molar-refractivity contribution in [2.45, 2.75) is 19.9 Å². The van der Waals surface area contributed by atoms with Crippen molar-refractivity contribution in [3.63, 3.8) is 0 Å². The van der Waals surface area contributed by atoms with E-state index in [1.54, 1.807) is 23.5 Å². The Kier molecular flexibility index (Phi) is 3.71. The number of rotatable bonds is 4. The van der Waals surface area contributed by atoms with Crippen LogP contribution in [0.15, 0.2) is 23.6 Å². The van der Waals surface area contributed by atoms with Gasteiger partial charge in [-0.05, 0) is 32.0 Å². The van der Waals surface area contributed by atoms with Crippen molar-refractivity contribution in [3.8, 4) is 0 Å². The topological polar surface area (TPSA) is 88.2 Å². The lowest BCUT2D eigenvalue weighted by atomic mass is 10.1. The molecule has 4 N–H and O–H groups in total. The zero-order valence-electron chi connectivity index (χ0n) is 10.7. The lowest BCUT2D eigenvalue weighted by molar-refractivity contribution is 0.0698. The van der Waals surface area contributed by atoms with Crippen LogP contribution in [0.25, 0.3) is 0 Å². The summed E-state index contributed by atoms with van der Waals surface area (Å²) in [7, 11) is 0. The van der Waals surface area contributed by atoms with Crippen LogP contribution in [0.2, 0.25) is 0 Å². The second-order valence-electron chi connectivity index (χ2n) is 4.30. The smallest absolute Gasteiger partial charge is 0.337 e. The highest BCUT2D eigenvalue weighted by atomic mass is 32.1. The quantitative estimate of drug-likeness (QED) is 0.748. The molecule has 0 aliphatic heterocycles. The first-order valence-electron chi connectivity index (χ1n) is 5.78. The Labute approximate surface area is 115 Å². The number of hydrogen-bond acceptors (Lipinski definition) is 5. The van der Waals surface area contributed by atoms with Crippen LogP contribution in [-0.4, -0.2) is 16.1 Å². The molecular formula is C13H15N3O2S. The molecule has 0 saturated heterocycles. The van der Waals surface area contributed by atoms with Gasteiger partial charge in [0, 0.05) is 22.4 Å². The lowest BCUT2D eigenvalue weighted by Gasteiger charge is -2.13. The summed E-state index contributed by atoms with van der Waals surface area (Å²) in [6.07, 6.45) is 0. The van der Waals surface area contributed by atoms with E-state index < -0.39 is 5.97 Å². The molecule has 0 fully saturated rings. The van der Waals surface area contributed by atoms with Gasteiger partial charge in [-0.15, -0.1) is 11.3 Å². The Hall–Kier alpha value is -2.08. The Bertz CT molecular complexity index is 610. The van der Waals surface area contributed by atoms with Crippen LogP contribution in [0.4, 0.5) is 11.4 Å². The predicted octanol–water partition coefficient (Wildman–Crippen LogP) is 2.91. The van der Waals surface area contributed by atoms with Crippen molar-refractivity contribution >= 4 is 28.7 Å². The van der Waals surface area contributed by atoms with Crippen molar-refractivity contribution in [2.24, 2.45) is 0 Å². The number of benzene rings is 1. The maximum absolute atomic E-state index is 10.9. The minimum absolute atomic E-state index is 0.0498. The number of nitrogens with two attached hydrogens (primary N) is 1. The molecule has 0 aliphatic rings. The van der Waals surface area contributed by atoms with Gasteiger partial charge in [-0.3, -0.25) is 0 Å². The van der Waals surface area contributed by atoms with Gasteiger partial charge in [0.1, 0.15) is 5.01 Å². The van der Waals surface area contributed by atoms with E-state index in [9.17, 15) is 4.79 Å². The Morgan fingerprint density at radius 3 is 2.79 bits per heavy atom. The van der Waals surface area contributed by atoms with Gasteiger partial charge in [-0.2, -0.15) is 0 Å². The third-order valence-electron chi connectivity index (χ3n) is 2.67. The van der Waals surface area contributed by atoms with Gasteiger partial charge in [0.05, 0.1) is 11.6 Å². The van der Waals surface area contributed by atoms with Crippen LogP contribution in [0.5, 0.6) is 0 Å². The number of aromatic nitrogens is 1. The number of thiazole rings is 1. The molecule has 2 rings (SSSR count). The number of aryl methyl sites for hydroxylation is 1. The van der Waals surface area contributed by atoms with Gasteiger partial charge in [0.2, 0.25) is 0 Å². The third kappa shape index (κ3) is 3.03. The van der Waals surface area contributed by atoms with E-state index in [1.165, 1.54) is 6.07 Å². The largest absolute Gasteiger partial charge is 0.478 e. The second kappa shape index (κ2) is 5.27. The third-order valence-corrected chi connectivity index (χ3v) is 3.82. The summed E-state index contributed by atoms with van der Waals surface area (Å²) in [5.41, 5.74) is 7.85. The number of carboxylic acid groups (broad SMARTS) is 1. The number of carboxylic acids is 1. The number of aromatic carboxylic acids is 1.